The van der Waals surface area contributed by atoms with E-state index in [-0.39, 0.29) is 5.92 Å². The van der Waals surface area contributed by atoms with Crippen LogP contribution >= 0.6 is 0 Å². The lowest BCUT2D eigenvalue weighted by Crippen LogP contribution is -2.02. The number of benzene rings is 1. The van der Waals surface area contributed by atoms with E-state index in [0.717, 1.165) is 28.9 Å². The van der Waals surface area contributed by atoms with Gasteiger partial charge in [-0.25, -0.2) is 0 Å². The zero-order valence-corrected chi connectivity index (χ0v) is 11.4. The molecule has 1 rings (SSSR count). The average molecular weight is 252 g/mol. The molecule has 1 aromatic carbocycles. The maximum absolute atomic E-state index is 10.6. The summed E-state index contributed by atoms with van der Waals surface area (Å²) in [6, 6.07) is 3.82. The van der Waals surface area contributed by atoms with Gasteiger partial charge in [-0.1, -0.05) is 6.92 Å². The molecule has 1 unspecified atom stereocenters. The Morgan fingerprint density at radius 3 is 2.33 bits per heavy atom. The number of hydrogen-bond donors (Lipinski definition) is 0. The summed E-state index contributed by atoms with van der Waals surface area (Å²) < 4.78 is 15.8. The van der Waals surface area contributed by atoms with Crippen molar-refractivity contribution in [2.24, 2.45) is 0 Å². The predicted octanol–water partition coefficient (Wildman–Crippen LogP) is 2.54. The van der Waals surface area contributed by atoms with Crippen LogP contribution in [0.3, 0.4) is 0 Å². The number of carbonyl (C=O) groups excluding carboxylic acids is 1. The molecule has 0 bridgehead atoms. The largest absolute Gasteiger partial charge is 0.496 e. The van der Waals surface area contributed by atoms with E-state index in [2.05, 4.69) is 0 Å². The molecule has 0 heterocycles. The summed E-state index contributed by atoms with van der Waals surface area (Å²) in [6.07, 6.45) is 1.38. The number of hydrogen-bond acceptors (Lipinski definition) is 4. The van der Waals surface area contributed by atoms with Gasteiger partial charge in [0.05, 0.1) is 20.8 Å². The number of methoxy groups -OCH3 is 3. The normalized spacial score (nSPS) is 12.0. The van der Waals surface area contributed by atoms with Crippen molar-refractivity contribution in [2.75, 3.05) is 21.3 Å². The molecule has 4 nitrogen and oxygen atoms in total. The highest BCUT2D eigenvalue weighted by Gasteiger charge is 2.15. The second-order valence-corrected chi connectivity index (χ2v) is 4.14. The van der Waals surface area contributed by atoms with Gasteiger partial charge in [-0.15, -0.1) is 0 Å². The van der Waals surface area contributed by atoms with Crippen LogP contribution in [0.5, 0.6) is 11.5 Å². The lowest BCUT2D eigenvalue weighted by Gasteiger charge is -2.17. The van der Waals surface area contributed by atoms with Crippen molar-refractivity contribution in [1.82, 2.24) is 0 Å². The molecule has 4 heteroatoms. The third-order valence-corrected chi connectivity index (χ3v) is 2.91. The second kappa shape index (κ2) is 7.01. The second-order valence-electron chi connectivity index (χ2n) is 4.14. The van der Waals surface area contributed by atoms with Gasteiger partial charge in [-0.3, -0.25) is 0 Å². The van der Waals surface area contributed by atoms with Crippen molar-refractivity contribution in [1.29, 1.82) is 0 Å². The van der Waals surface area contributed by atoms with E-state index in [1.807, 2.05) is 19.1 Å². The van der Waals surface area contributed by atoms with E-state index in [1.165, 1.54) is 0 Å². The fraction of sp³-hybridized carbons (Fsp3) is 0.500. The Morgan fingerprint density at radius 2 is 1.83 bits per heavy atom. The number of ether oxygens (including phenoxy) is 3. The molecule has 1 aromatic rings. The summed E-state index contributed by atoms with van der Waals surface area (Å²) in [4.78, 5) is 10.6. The van der Waals surface area contributed by atoms with Crippen LogP contribution in [0.1, 0.15) is 30.4 Å². The number of rotatable bonds is 7. The van der Waals surface area contributed by atoms with E-state index in [9.17, 15) is 4.79 Å². The quantitative estimate of drug-likeness (QED) is 0.699. The zero-order valence-electron chi connectivity index (χ0n) is 11.4. The Morgan fingerprint density at radius 1 is 1.17 bits per heavy atom. The van der Waals surface area contributed by atoms with E-state index in [4.69, 9.17) is 14.2 Å². The highest BCUT2D eigenvalue weighted by Crippen LogP contribution is 2.34. The summed E-state index contributed by atoms with van der Waals surface area (Å²) in [5.41, 5.74) is 1.90. The van der Waals surface area contributed by atoms with Gasteiger partial charge in [0.15, 0.2) is 0 Å². The SMILES string of the molecule is COCc1cc(OC)c(C(C)CC=O)cc1OC. The van der Waals surface area contributed by atoms with Crippen LogP contribution in [0.15, 0.2) is 12.1 Å². The summed E-state index contributed by atoms with van der Waals surface area (Å²) >= 11 is 0. The highest BCUT2D eigenvalue weighted by molar-refractivity contribution is 5.54. The zero-order chi connectivity index (χ0) is 13.5. The molecule has 0 fully saturated rings. The minimum atomic E-state index is 0.0999. The fourth-order valence-electron chi connectivity index (χ4n) is 1.91. The third-order valence-electron chi connectivity index (χ3n) is 2.91. The first kappa shape index (κ1) is 14.5. The van der Waals surface area contributed by atoms with Crippen molar-refractivity contribution < 1.29 is 19.0 Å². The number of aldehydes is 1. The standard InChI is InChI=1S/C14H20O4/c1-10(5-6-15)12-8-13(17-3)11(9-16-2)7-14(12)18-4/h6-8,10H,5,9H2,1-4H3. The van der Waals surface area contributed by atoms with E-state index < -0.39 is 0 Å². The number of carbonyl (C=O) groups is 1. The predicted molar refractivity (Wildman–Crippen MR) is 69.4 cm³/mol. The molecule has 0 aliphatic carbocycles. The van der Waals surface area contributed by atoms with Crippen LogP contribution in [0, 0.1) is 0 Å². The summed E-state index contributed by atoms with van der Waals surface area (Å²) in [7, 11) is 4.87. The van der Waals surface area contributed by atoms with Gasteiger partial charge < -0.3 is 19.0 Å². The Hall–Kier alpha value is -1.55. The van der Waals surface area contributed by atoms with Crippen LogP contribution in [-0.4, -0.2) is 27.6 Å². The minimum absolute atomic E-state index is 0.0999. The molecule has 0 saturated heterocycles. The first-order valence-corrected chi connectivity index (χ1v) is 5.85. The Labute approximate surface area is 108 Å². The van der Waals surface area contributed by atoms with Crippen LogP contribution in [-0.2, 0) is 16.1 Å². The van der Waals surface area contributed by atoms with Crippen LogP contribution < -0.4 is 9.47 Å². The van der Waals surface area contributed by atoms with Crippen molar-refractivity contribution in [3.63, 3.8) is 0 Å². The molecule has 0 radical (unpaired) electrons. The first-order chi connectivity index (χ1) is 8.67. The summed E-state index contributed by atoms with van der Waals surface area (Å²) in [5.74, 6) is 1.62. The maximum Gasteiger partial charge on any atom is 0.124 e. The molecule has 0 aliphatic rings. The van der Waals surface area contributed by atoms with Gasteiger partial charge in [0.1, 0.15) is 17.8 Å². The van der Waals surface area contributed by atoms with Crippen LogP contribution in [0.2, 0.25) is 0 Å². The molecular formula is C14H20O4. The van der Waals surface area contributed by atoms with Crippen LogP contribution in [0.25, 0.3) is 0 Å². The molecule has 18 heavy (non-hydrogen) atoms. The van der Waals surface area contributed by atoms with E-state index >= 15 is 0 Å². The Kier molecular flexibility index (Phi) is 5.65. The highest BCUT2D eigenvalue weighted by atomic mass is 16.5. The van der Waals surface area contributed by atoms with Crippen LogP contribution in [0.4, 0.5) is 0 Å². The molecule has 0 aromatic heterocycles. The third kappa shape index (κ3) is 3.23. The molecule has 0 amide bonds. The van der Waals surface area contributed by atoms with Gasteiger partial charge >= 0.3 is 0 Å². The Balaban J connectivity index is 3.20. The van der Waals surface area contributed by atoms with E-state index in [0.29, 0.717) is 13.0 Å². The molecule has 0 aliphatic heterocycles. The maximum atomic E-state index is 10.6. The molecule has 0 N–H and O–H groups in total. The molecule has 100 valence electrons. The average Bonchev–Trinajstić information content (AvgIpc) is 2.38. The smallest absolute Gasteiger partial charge is 0.124 e. The fourth-order valence-corrected chi connectivity index (χ4v) is 1.91. The van der Waals surface area contributed by atoms with Gasteiger partial charge in [0, 0.05) is 24.7 Å². The van der Waals surface area contributed by atoms with Gasteiger partial charge in [0.25, 0.3) is 0 Å². The minimum Gasteiger partial charge on any atom is -0.496 e. The van der Waals surface area contributed by atoms with Crippen molar-refractivity contribution >= 4 is 6.29 Å². The lowest BCUT2D eigenvalue weighted by molar-refractivity contribution is -0.108. The monoisotopic (exact) mass is 252 g/mol. The lowest BCUT2D eigenvalue weighted by atomic mass is 9.95. The summed E-state index contributed by atoms with van der Waals surface area (Å²) in [5, 5.41) is 0. The van der Waals surface area contributed by atoms with Gasteiger partial charge in [-0.2, -0.15) is 0 Å². The molecule has 1 atom stereocenters. The Bertz CT molecular complexity index is 401. The van der Waals surface area contributed by atoms with Crippen molar-refractivity contribution in [3.05, 3.63) is 23.3 Å². The van der Waals surface area contributed by atoms with Crippen molar-refractivity contribution in [3.8, 4) is 11.5 Å². The van der Waals surface area contributed by atoms with Gasteiger partial charge in [0.2, 0.25) is 0 Å². The molecule has 0 spiro atoms. The van der Waals surface area contributed by atoms with Crippen molar-refractivity contribution in [2.45, 2.75) is 25.9 Å². The molecule has 0 saturated carbocycles. The van der Waals surface area contributed by atoms with Gasteiger partial charge in [-0.05, 0) is 18.1 Å². The van der Waals surface area contributed by atoms with E-state index in [1.54, 1.807) is 21.3 Å². The first-order valence-electron chi connectivity index (χ1n) is 5.85. The topological polar surface area (TPSA) is 44.8 Å². The summed E-state index contributed by atoms with van der Waals surface area (Å²) in [6.45, 7) is 2.45. The molecular weight excluding hydrogens is 232 g/mol.